The van der Waals surface area contributed by atoms with E-state index in [4.69, 9.17) is 26.4 Å². The molecular weight excluding hydrogens is 286 g/mol. The minimum atomic E-state index is -0.932. The highest BCUT2D eigenvalue weighted by Crippen LogP contribution is 2.21. The first-order valence-corrected chi connectivity index (χ1v) is 6.43. The molecule has 1 aliphatic heterocycles. The lowest BCUT2D eigenvalue weighted by molar-refractivity contribution is 0.0176. The van der Waals surface area contributed by atoms with Gasteiger partial charge in [0.05, 0.1) is 20.3 Å². The second kappa shape index (κ2) is 7.04. The second-order valence-electron chi connectivity index (χ2n) is 3.63. The zero-order chi connectivity index (χ0) is 15.3. The number of thiocarbonyl (C=S) groups is 1. The van der Waals surface area contributed by atoms with Crippen LogP contribution in [-0.2, 0) is 14.2 Å². The average Bonchev–Trinajstić information content (AvgIpc) is 2.76. The van der Waals surface area contributed by atoms with E-state index in [1.165, 1.54) is 7.11 Å². The number of methoxy groups -OCH3 is 1. The highest BCUT2D eigenvalue weighted by atomic mass is 32.1. The number of hydrogen-bond acceptors (Lipinski definition) is 7. The minimum Gasteiger partial charge on any atom is -0.487 e. The largest absolute Gasteiger partial charge is 0.487 e. The molecule has 2 amide bonds. The van der Waals surface area contributed by atoms with E-state index in [0.29, 0.717) is 0 Å². The van der Waals surface area contributed by atoms with Gasteiger partial charge < -0.3 is 14.2 Å². The molecule has 112 valence electrons. The highest BCUT2D eigenvalue weighted by molar-refractivity contribution is 7.80. The summed E-state index contributed by atoms with van der Waals surface area (Å²) in [5.74, 6) is 0.265. The fraction of sp³-hybridized carbons (Fsp3) is 0.636. The van der Waals surface area contributed by atoms with Gasteiger partial charge in [0.15, 0.2) is 0 Å². The van der Waals surface area contributed by atoms with Crippen molar-refractivity contribution in [2.24, 2.45) is 4.99 Å². The summed E-state index contributed by atoms with van der Waals surface area (Å²) in [7, 11) is 1.36. The summed E-state index contributed by atoms with van der Waals surface area (Å²) in [4.78, 5) is 28.1. The van der Waals surface area contributed by atoms with Crippen LogP contribution in [0.15, 0.2) is 4.99 Å². The summed E-state index contributed by atoms with van der Waals surface area (Å²) in [5, 5.41) is 2.00. The average molecular weight is 303 g/mol. The third-order valence-electron chi connectivity index (χ3n) is 2.37. The molecular formula is C11H17N3O5S. The number of amides is 2. The highest BCUT2D eigenvalue weighted by Gasteiger charge is 2.44. The number of nitrogens with zero attached hydrogens (tertiary/aromatic N) is 3. The van der Waals surface area contributed by atoms with Crippen LogP contribution in [-0.4, -0.2) is 59.6 Å². The van der Waals surface area contributed by atoms with Gasteiger partial charge in [0.25, 0.3) is 0 Å². The molecule has 0 radical (unpaired) electrons. The van der Waals surface area contributed by atoms with Crippen molar-refractivity contribution in [3.8, 4) is 0 Å². The number of aliphatic imine (C=N–C) groups is 1. The Hall–Kier alpha value is -1.90. The number of carbonyl (C=O) groups is 2. The standard InChI is InChI=1S/C11H17N3O5S/c1-5-18-10(15)13-7(3)12-8(9(20)17-4)14(13)11(16)19-6-2/h8H,5-6H2,1-4H3. The van der Waals surface area contributed by atoms with Gasteiger partial charge in [0.1, 0.15) is 5.84 Å². The molecule has 0 aromatic carbocycles. The molecule has 1 aliphatic rings. The number of hydrazine groups is 1. The molecule has 0 saturated heterocycles. The minimum absolute atomic E-state index is 0.0456. The Balaban J connectivity index is 3.07. The zero-order valence-corrected chi connectivity index (χ0v) is 12.6. The molecule has 20 heavy (non-hydrogen) atoms. The van der Waals surface area contributed by atoms with E-state index in [1.54, 1.807) is 20.8 Å². The van der Waals surface area contributed by atoms with Crippen LogP contribution in [0.1, 0.15) is 20.8 Å². The fourth-order valence-electron chi connectivity index (χ4n) is 1.59. The topological polar surface area (TPSA) is 80.7 Å². The van der Waals surface area contributed by atoms with E-state index in [0.717, 1.165) is 10.0 Å². The number of amidine groups is 1. The van der Waals surface area contributed by atoms with Crippen molar-refractivity contribution in [2.75, 3.05) is 20.3 Å². The first-order chi connectivity index (χ1) is 9.47. The molecule has 0 N–H and O–H groups in total. The van der Waals surface area contributed by atoms with Gasteiger partial charge in [-0.15, -0.1) is 0 Å². The van der Waals surface area contributed by atoms with Crippen LogP contribution in [0.2, 0.25) is 0 Å². The number of hydrogen-bond donors (Lipinski definition) is 0. The summed E-state index contributed by atoms with van der Waals surface area (Å²) in [6, 6.07) is 0. The van der Waals surface area contributed by atoms with Crippen LogP contribution in [0.3, 0.4) is 0 Å². The van der Waals surface area contributed by atoms with Gasteiger partial charge in [0, 0.05) is 0 Å². The van der Waals surface area contributed by atoms with Crippen LogP contribution in [0.5, 0.6) is 0 Å². The van der Waals surface area contributed by atoms with Gasteiger partial charge in [0.2, 0.25) is 11.2 Å². The molecule has 1 heterocycles. The van der Waals surface area contributed by atoms with E-state index < -0.39 is 18.4 Å². The van der Waals surface area contributed by atoms with Crippen LogP contribution < -0.4 is 0 Å². The van der Waals surface area contributed by atoms with Gasteiger partial charge >= 0.3 is 12.2 Å². The maximum atomic E-state index is 12.0. The zero-order valence-electron chi connectivity index (χ0n) is 11.8. The van der Waals surface area contributed by atoms with Crippen molar-refractivity contribution >= 4 is 35.3 Å². The molecule has 9 heteroatoms. The predicted molar refractivity (Wildman–Crippen MR) is 74.2 cm³/mol. The van der Waals surface area contributed by atoms with Gasteiger partial charge in [-0.05, 0) is 33.0 Å². The Morgan fingerprint density at radius 2 is 1.80 bits per heavy atom. The lowest BCUT2D eigenvalue weighted by atomic mass is 10.5. The summed E-state index contributed by atoms with van der Waals surface area (Å²) in [6.07, 6.45) is -2.42. The SMILES string of the molecule is CCOC(=O)N1C(C)=NC(C(=S)OC)N1C(=O)OCC. The summed E-state index contributed by atoms with van der Waals surface area (Å²) in [6.45, 7) is 5.18. The Morgan fingerprint density at radius 1 is 1.25 bits per heavy atom. The predicted octanol–water partition coefficient (Wildman–Crippen LogP) is 1.55. The lowest BCUT2D eigenvalue weighted by Crippen LogP contribution is -2.53. The first-order valence-electron chi connectivity index (χ1n) is 6.02. The van der Waals surface area contributed by atoms with Crippen LogP contribution in [0.4, 0.5) is 9.59 Å². The molecule has 1 rings (SSSR count). The summed E-state index contributed by atoms with van der Waals surface area (Å²) >= 11 is 5.00. The Morgan fingerprint density at radius 3 is 2.30 bits per heavy atom. The molecule has 0 aliphatic carbocycles. The molecule has 0 fully saturated rings. The fourth-order valence-corrected chi connectivity index (χ4v) is 1.74. The van der Waals surface area contributed by atoms with Crippen LogP contribution in [0, 0.1) is 0 Å². The number of rotatable bonds is 3. The summed E-state index contributed by atoms with van der Waals surface area (Å²) in [5.41, 5.74) is 0. The second-order valence-corrected chi connectivity index (χ2v) is 4.03. The van der Waals surface area contributed by atoms with Gasteiger partial charge in [-0.25, -0.2) is 14.6 Å². The monoisotopic (exact) mass is 303 g/mol. The lowest BCUT2D eigenvalue weighted by Gasteiger charge is -2.29. The maximum Gasteiger partial charge on any atom is 0.435 e. The van der Waals surface area contributed by atoms with Crippen molar-refractivity contribution in [1.82, 2.24) is 10.0 Å². The van der Waals surface area contributed by atoms with Crippen molar-refractivity contribution < 1.29 is 23.8 Å². The molecule has 0 aromatic heterocycles. The van der Waals surface area contributed by atoms with Crippen molar-refractivity contribution in [2.45, 2.75) is 26.9 Å². The third-order valence-corrected chi connectivity index (χ3v) is 2.75. The first kappa shape index (κ1) is 16.2. The Labute approximate surface area is 122 Å². The maximum absolute atomic E-state index is 12.0. The van der Waals surface area contributed by atoms with Crippen molar-refractivity contribution in [3.63, 3.8) is 0 Å². The molecule has 0 aromatic rings. The Bertz CT molecular complexity index is 440. The van der Waals surface area contributed by atoms with Gasteiger partial charge in [-0.2, -0.15) is 10.0 Å². The van der Waals surface area contributed by atoms with E-state index in [-0.39, 0.29) is 24.1 Å². The molecule has 0 bridgehead atoms. The van der Waals surface area contributed by atoms with E-state index in [1.807, 2.05) is 0 Å². The molecule has 1 atom stereocenters. The number of ether oxygens (including phenoxy) is 3. The Kier molecular flexibility index (Phi) is 5.68. The van der Waals surface area contributed by atoms with E-state index in [9.17, 15) is 9.59 Å². The van der Waals surface area contributed by atoms with Crippen molar-refractivity contribution in [3.05, 3.63) is 0 Å². The van der Waals surface area contributed by atoms with Gasteiger partial charge in [-0.3, -0.25) is 0 Å². The number of carbonyl (C=O) groups excluding carboxylic acids is 2. The van der Waals surface area contributed by atoms with E-state index >= 15 is 0 Å². The van der Waals surface area contributed by atoms with Crippen molar-refractivity contribution in [1.29, 1.82) is 0 Å². The van der Waals surface area contributed by atoms with Crippen LogP contribution in [0.25, 0.3) is 0 Å². The molecule has 0 saturated carbocycles. The molecule has 0 spiro atoms. The van der Waals surface area contributed by atoms with E-state index in [2.05, 4.69) is 4.99 Å². The van der Waals surface area contributed by atoms with Gasteiger partial charge in [-0.1, -0.05) is 0 Å². The normalized spacial score (nSPS) is 17.6. The third kappa shape index (κ3) is 3.16. The molecule has 8 nitrogen and oxygen atoms in total. The quantitative estimate of drug-likeness (QED) is 0.736. The van der Waals surface area contributed by atoms with Crippen LogP contribution >= 0.6 is 12.2 Å². The summed E-state index contributed by atoms with van der Waals surface area (Å²) < 4.78 is 14.7. The smallest absolute Gasteiger partial charge is 0.435 e. The molecule has 1 unspecified atom stereocenters.